The summed E-state index contributed by atoms with van der Waals surface area (Å²) in [5.74, 6) is 3.64. The lowest BCUT2D eigenvalue weighted by Gasteiger charge is -2.55. The van der Waals surface area contributed by atoms with E-state index in [0.29, 0.717) is 5.92 Å². The van der Waals surface area contributed by atoms with Crippen LogP contribution in [0.25, 0.3) is 6.08 Å². The fourth-order valence-electron chi connectivity index (χ4n) is 5.84. The first kappa shape index (κ1) is 16.4. The maximum atomic E-state index is 12.5. The zero-order valence-electron chi connectivity index (χ0n) is 14.2. The van der Waals surface area contributed by atoms with E-state index in [4.69, 9.17) is 4.74 Å². The molecule has 4 bridgehead atoms. The lowest BCUT2D eigenvalue weighted by molar-refractivity contribution is -0.151. The van der Waals surface area contributed by atoms with Gasteiger partial charge in [0.2, 0.25) is 0 Å². The van der Waals surface area contributed by atoms with Crippen molar-refractivity contribution >= 4 is 28.0 Å². The molecule has 4 aliphatic carbocycles. The largest absolute Gasteiger partial charge is 0.469 e. The average Bonchev–Trinajstić information content (AvgIpc) is 2.57. The molecule has 128 valence electrons. The van der Waals surface area contributed by atoms with E-state index in [1.807, 2.05) is 12.1 Å². The molecule has 0 aromatic heterocycles. The molecule has 0 N–H and O–H groups in total. The van der Waals surface area contributed by atoms with Crippen molar-refractivity contribution in [2.24, 2.45) is 35.5 Å². The minimum Gasteiger partial charge on any atom is -0.469 e. The van der Waals surface area contributed by atoms with Crippen molar-refractivity contribution in [1.82, 2.24) is 0 Å². The SMILES string of the molecule is COC(=O)[C@@H](C=Cc1ccc(Br)cc1)C1C2CC3CC(C2)CC1C3. The lowest BCUT2D eigenvalue weighted by Crippen LogP contribution is -2.48. The molecule has 1 aromatic rings. The highest BCUT2D eigenvalue weighted by Crippen LogP contribution is 2.58. The van der Waals surface area contributed by atoms with Crippen LogP contribution in [0.3, 0.4) is 0 Å². The zero-order valence-corrected chi connectivity index (χ0v) is 15.7. The number of rotatable bonds is 4. The van der Waals surface area contributed by atoms with Crippen LogP contribution in [-0.2, 0) is 9.53 Å². The van der Waals surface area contributed by atoms with E-state index >= 15 is 0 Å². The van der Waals surface area contributed by atoms with Crippen LogP contribution in [0, 0.1) is 35.5 Å². The molecule has 1 aromatic carbocycles. The van der Waals surface area contributed by atoms with Crippen molar-refractivity contribution < 1.29 is 9.53 Å². The Morgan fingerprint density at radius 2 is 1.67 bits per heavy atom. The van der Waals surface area contributed by atoms with Crippen molar-refractivity contribution in [2.75, 3.05) is 7.11 Å². The molecule has 4 aliphatic rings. The minimum atomic E-state index is -0.0892. The molecular weight excluding hydrogens is 364 g/mol. The van der Waals surface area contributed by atoms with Crippen molar-refractivity contribution in [3.8, 4) is 0 Å². The Bertz CT molecular complexity index is 606. The van der Waals surface area contributed by atoms with Gasteiger partial charge in [0.05, 0.1) is 13.0 Å². The zero-order chi connectivity index (χ0) is 16.7. The van der Waals surface area contributed by atoms with E-state index in [-0.39, 0.29) is 11.9 Å². The highest BCUT2D eigenvalue weighted by atomic mass is 79.9. The van der Waals surface area contributed by atoms with Crippen LogP contribution in [0.2, 0.25) is 0 Å². The first-order valence-corrected chi connectivity index (χ1v) is 9.95. The predicted molar refractivity (Wildman–Crippen MR) is 99.2 cm³/mol. The van der Waals surface area contributed by atoms with Crippen LogP contribution in [-0.4, -0.2) is 13.1 Å². The molecule has 0 spiro atoms. The highest BCUT2D eigenvalue weighted by Gasteiger charge is 2.51. The summed E-state index contributed by atoms with van der Waals surface area (Å²) in [5.41, 5.74) is 1.14. The van der Waals surface area contributed by atoms with Crippen molar-refractivity contribution in [1.29, 1.82) is 0 Å². The van der Waals surface area contributed by atoms with Crippen molar-refractivity contribution in [3.05, 3.63) is 40.4 Å². The van der Waals surface area contributed by atoms with Crippen LogP contribution < -0.4 is 0 Å². The van der Waals surface area contributed by atoms with Gasteiger partial charge in [-0.25, -0.2) is 0 Å². The summed E-state index contributed by atoms with van der Waals surface area (Å²) in [5, 5.41) is 0. The third kappa shape index (κ3) is 3.08. The Labute approximate surface area is 152 Å². The predicted octanol–water partition coefficient (Wildman–Crippen LogP) is 5.32. The molecule has 0 unspecified atom stereocenters. The van der Waals surface area contributed by atoms with Gasteiger partial charge in [0.15, 0.2) is 0 Å². The number of ether oxygens (including phenoxy) is 1. The molecule has 5 rings (SSSR count). The number of methoxy groups -OCH3 is 1. The number of carbonyl (C=O) groups is 1. The summed E-state index contributed by atoms with van der Waals surface area (Å²) in [4.78, 5) is 12.5. The van der Waals surface area contributed by atoms with E-state index in [0.717, 1.165) is 33.7 Å². The lowest BCUT2D eigenvalue weighted by atomic mass is 9.49. The Balaban J connectivity index is 1.58. The minimum absolute atomic E-state index is 0.0548. The number of halogens is 1. The quantitative estimate of drug-likeness (QED) is 0.651. The van der Waals surface area contributed by atoms with Crippen LogP contribution in [0.1, 0.15) is 37.7 Å². The standard InChI is InChI=1S/C21H25BrO2/c1-24-21(23)19(7-4-13-2-5-18(22)6-3-13)20-16-9-14-8-15(11-16)12-17(20)10-14/h2-7,14-17,19-20H,8-12H2,1H3/t14?,15?,16?,17?,19-,20?/m0/s1. The Kier molecular flexibility index (Phi) is 4.55. The smallest absolute Gasteiger partial charge is 0.312 e. The van der Waals surface area contributed by atoms with Gasteiger partial charge in [-0.3, -0.25) is 4.79 Å². The first-order valence-electron chi connectivity index (χ1n) is 9.15. The van der Waals surface area contributed by atoms with Gasteiger partial charge in [0.1, 0.15) is 0 Å². The molecule has 0 radical (unpaired) electrons. The summed E-state index contributed by atoms with van der Waals surface area (Å²) >= 11 is 3.47. The van der Waals surface area contributed by atoms with E-state index in [1.165, 1.54) is 39.2 Å². The molecule has 1 atom stereocenters. The Morgan fingerprint density at radius 3 is 2.21 bits per heavy atom. The molecule has 3 heteroatoms. The number of carbonyl (C=O) groups excluding carboxylic acids is 1. The summed E-state index contributed by atoms with van der Waals surface area (Å²) in [6, 6.07) is 8.23. The summed E-state index contributed by atoms with van der Waals surface area (Å²) < 4.78 is 6.25. The van der Waals surface area contributed by atoms with Gasteiger partial charge in [-0.05, 0) is 79.4 Å². The summed E-state index contributed by atoms with van der Waals surface area (Å²) in [6.45, 7) is 0. The van der Waals surface area contributed by atoms with Gasteiger partial charge in [0, 0.05) is 4.47 Å². The Morgan fingerprint density at radius 1 is 1.08 bits per heavy atom. The highest BCUT2D eigenvalue weighted by molar-refractivity contribution is 9.10. The van der Waals surface area contributed by atoms with E-state index in [1.54, 1.807) is 0 Å². The second kappa shape index (κ2) is 6.67. The van der Waals surface area contributed by atoms with Gasteiger partial charge >= 0.3 is 5.97 Å². The summed E-state index contributed by atoms with van der Waals surface area (Å²) in [6.07, 6.45) is 11.0. The van der Waals surface area contributed by atoms with Crippen molar-refractivity contribution in [3.63, 3.8) is 0 Å². The summed E-state index contributed by atoms with van der Waals surface area (Å²) in [7, 11) is 1.53. The fourth-order valence-corrected chi connectivity index (χ4v) is 6.11. The molecule has 24 heavy (non-hydrogen) atoms. The normalized spacial score (nSPS) is 35.3. The molecule has 0 heterocycles. The molecule has 4 fully saturated rings. The molecule has 0 saturated heterocycles. The van der Waals surface area contributed by atoms with E-state index in [9.17, 15) is 4.79 Å². The third-order valence-corrected chi connectivity index (χ3v) is 7.08. The molecule has 2 nitrogen and oxygen atoms in total. The molecule has 0 aliphatic heterocycles. The number of esters is 1. The van der Waals surface area contributed by atoms with Crippen LogP contribution in [0.15, 0.2) is 34.8 Å². The topological polar surface area (TPSA) is 26.3 Å². The monoisotopic (exact) mass is 388 g/mol. The van der Waals surface area contributed by atoms with Gasteiger partial charge in [-0.1, -0.05) is 40.2 Å². The number of benzene rings is 1. The average molecular weight is 389 g/mol. The fraction of sp³-hybridized carbons (Fsp3) is 0.571. The second-order valence-corrected chi connectivity index (χ2v) is 8.88. The van der Waals surface area contributed by atoms with Gasteiger partial charge < -0.3 is 4.74 Å². The maximum absolute atomic E-state index is 12.5. The first-order chi connectivity index (χ1) is 11.6. The van der Waals surface area contributed by atoms with E-state index in [2.05, 4.69) is 40.2 Å². The molecular formula is C21H25BrO2. The molecule has 4 saturated carbocycles. The van der Waals surface area contributed by atoms with Gasteiger partial charge in [-0.2, -0.15) is 0 Å². The van der Waals surface area contributed by atoms with Crippen LogP contribution in [0.4, 0.5) is 0 Å². The second-order valence-electron chi connectivity index (χ2n) is 7.97. The van der Waals surface area contributed by atoms with Crippen LogP contribution >= 0.6 is 15.9 Å². The number of hydrogen-bond donors (Lipinski definition) is 0. The molecule has 0 amide bonds. The third-order valence-electron chi connectivity index (χ3n) is 6.55. The maximum Gasteiger partial charge on any atom is 0.312 e. The Hall–Kier alpha value is -1.09. The number of hydrogen-bond acceptors (Lipinski definition) is 2. The van der Waals surface area contributed by atoms with E-state index < -0.39 is 0 Å². The van der Waals surface area contributed by atoms with Gasteiger partial charge in [0.25, 0.3) is 0 Å². The van der Waals surface area contributed by atoms with Crippen LogP contribution in [0.5, 0.6) is 0 Å². The van der Waals surface area contributed by atoms with Gasteiger partial charge in [-0.15, -0.1) is 0 Å². The van der Waals surface area contributed by atoms with Crippen molar-refractivity contribution in [2.45, 2.75) is 32.1 Å².